The van der Waals surface area contributed by atoms with Gasteiger partial charge in [0.1, 0.15) is 5.82 Å². The molecule has 0 amide bonds. The van der Waals surface area contributed by atoms with E-state index in [1.165, 1.54) is 0 Å². The van der Waals surface area contributed by atoms with E-state index in [2.05, 4.69) is 28.8 Å². The first kappa shape index (κ1) is 11.4. The van der Waals surface area contributed by atoms with Crippen molar-refractivity contribution in [3.8, 4) is 0 Å². The highest BCUT2D eigenvalue weighted by atomic mass is 16.3. The Hall–Kier alpha value is -1.13. The molecule has 0 aromatic carbocycles. The van der Waals surface area contributed by atoms with E-state index < -0.39 is 0 Å². The summed E-state index contributed by atoms with van der Waals surface area (Å²) >= 11 is 0. The van der Waals surface area contributed by atoms with Crippen LogP contribution in [0.25, 0.3) is 0 Å². The quantitative estimate of drug-likeness (QED) is 0.798. The predicted octanol–water partition coefficient (Wildman–Crippen LogP) is 0.714. The molecule has 2 rings (SSSR count). The fourth-order valence-corrected chi connectivity index (χ4v) is 2.20. The third-order valence-electron chi connectivity index (χ3n) is 3.08. The number of rotatable bonds is 2. The number of anilines is 1. The molecular weight excluding hydrogens is 202 g/mol. The smallest absolute Gasteiger partial charge is 0.129 e. The van der Waals surface area contributed by atoms with Crippen LogP contribution in [0.4, 0.5) is 5.82 Å². The monoisotopic (exact) mass is 221 g/mol. The van der Waals surface area contributed by atoms with Gasteiger partial charge in [-0.1, -0.05) is 6.07 Å². The summed E-state index contributed by atoms with van der Waals surface area (Å²) in [7, 11) is 2.14. The zero-order chi connectivity index (χ0) is 11.5. The molecule has 1 atom stereocenters. The highest BCUT2D eigenvalue weighted by molar-refractivity contribution is 5.41. The fourth-order valence-electron chi connectivity index (χ4n) is 2.20. The molecule has 0 bridgehead atoms. The minimum absolute atomic E-state index is 0.00988. The second kappa shape index (κ2) is 4.80. The van der Waals surface area contributed by atoms with Crippen LogP contribution in [0.15, 0.2) is 18.2 Å². The molecule has 0 radical (unpaired) electrons. The first-order chi connectivity index (χ1) is 7.70. The Morgan fingerprint density at radius 2 is 2.25 bits per heavy atom. The van der Waals surface area contributed by atoms with E-state index in [-0.39, 0.29) is 6.61 Å². The third-order valence-corrected chi connectivity index (χ3v) is 3.08. The van der Waals surface area contributed by atoms with Crippen molar-refractivity contribution in [3.05, 3.63) is 23.9 Å². The van der Waals surface area contributed by atoms with Crippen LogP contribution in [0, 0.1) is 0 Å². The van der Waals surface area contributed by atoms with Crippen LogP contribution >= 0.6 is 0 Å². The van der Waals surface area contributed by atoms with Gasteiger partial charge in [0.25, 0.3) is 0 Å². The molecule has 4 nitrogen and oxygen atoms in total. The number of pyridine rings is 1. The number of nitrogens with zero attached hydrogens (tertiary/aromatic N) is 3. The molecule has 1 saturated heterocycles. The SMILES string of the molecule is CC1CN(C)CCN1c1cccc(CO)n1. The van der Waals surface area contributed by atoms with Crippen molar-refractivity contribution < 1.29 is 5.11 Å². The molecule has 1 unspecified atom stereocenters. The van der Waals surface area contributed by atoms with Gasteiger partial charge in [-0.2, -0.15) is 0 Å². The molecule has 1 fully saturated rings. The van der Waals surface area contributed by atoms with E-state index in [0.717, 1.165) is 31.1 Å². The van der Waals surface area contributed by atoms with Gasteiger partial charge in [0, 0.05) is 25.7 Å². The molecule has 1 aromatic heterocycles. The number of hydrogen-bond acceptors (Lipinski definition) is 4. The first-order valence-corrected chi connectivity index (χ1v) is 5.72. The van der Waals surface area contributed by atoms with Crippen molar-refractivity contribution in [2.24, 2.45) is 0 Å². The van der Waals surface area contributed by atoms with Crippen molar-refractivity contribution in [1.29, 1.82) is 0 Å². The maximum absolute atomic E-state index is 9.08. The number of aliphatic hydroxyl groups is 1. The summed E-state index contributed by atoms with van der Waals surface area (Å²) in [5.74, 6) is 0.979. The van der Waals surface area contributed by atoms with Gasteiger partial charge in [-0.05, 0) is 26.1 Å². The number of piperazine rings is 1. The van der Waals surface area contributed by atoms with Gasteiger partial charge in [-0.25, -0.2) is 4.98 Å². The van der Waals surface area contributed by atoms with Crippen LogP contribution in [0.2, 0.25) is 0 Å². The maximum Gasteiger partial charge on any atom is 0.129 e. The zero-order valence-corrected chi connectivity index (χ0v) is 9.93. The van der Waals surface area contributed by atoms with Gasteiger partial charge in [-0.15, -0.1) is 0 Å². The number of likely N-dealkylation sites (N-methyl/N-ethyl adjacent to an activating group) is 1. The molecule has 88 valence electrons. The van der Waals surface area contributed by atoms with Crippen molar-refractivity contribution in [2.75, 3.05) is 31.6 Å². The van der Waals surface area contributed by atoms with E-state index in [0.29, 0.717) is 6.04 Å². The summed E-state index contributed by atoms with van der Waals surface area (Å²) < 4.78 is 0. The number of aliphatic hydroxyl groups excluding tert-OH is 1. The second-order valence-corrected chi connectivity index (χ2v) is 4.45. The van der Waals surface area contributed by atoms with Gasteiger partial charge in [-0.3, -0.25) is 0 Å². The number of aromatic nitrogens is 1. The van der Waals surface area contributed by atoms with Crippen LogP contribution in [-0.4, -0.2) is 47.7 Å². The summed E-state index contributed by atoms with van der Waals surface area (Å²) in [5, 5.41) is 9.08. The Bertz CT molecular complexity index is 356. The first-order valence-electron chi connectivity index (χ1n) is 5.72. The van der Waals surface area contributed by atoms with E-state index in [1.807, 2.05) is 18.2 Å². The van der Waals surface area contributed by atoms with Crippen molar-refractivity contribution >= 4 is 5.82 Å². The van der Waals surface area contributed by atoms with Gasteiger partial charge in [0.05, 0.1) is 12.3 Å². The Balaban J connectivity index is 2.16. The molecule has 1 aromatic rings. The van der Waals surface area contributed by atoms with Crippen LogP contribution in [0.5, 0.6) is 0 Å². The van der Waals surface area contributed by atoms with E-state index in [4.69, 9.17) is 5.11 Å². The molecule has 0 aliphatic carbocycles. The summed E-state index contributed by atoms with van der Waals surface area (Å²) in [6.07, 6.45) is 0. The molecule has 0 spiro atoms. The highest BCUT2D eigenvalue weighted by Gasteiger charge is 2.22. The lowest BCUT2D eigenvalue weighted by atomic mass is 10.2. The summed E-state index contributed by atoms with van der Waals surface area (Å²) in [6, 6.07) is 6.30. The highest BCUT2D eigenvalue weighted by Crippen LogP contribution is 2.17. The van der Waals surface area contributed by atoms with Crippen LogP contribution < -0.4 is 4.90 Å². The molecule has 4 heteroatoms. The van der Waals surface area contributed by atoms with E-state index in [1.54, 1.807) is 0 Å². The summed E-state index contributed by atoms with van der Waals surface area (Å²) in [4.78, 5) is 9.08. The minimum atomic E-state index is 0.00988. The van der Waals surface area contributed by atoms with Gasteiger partial charge < -0.3 is 14.9 Å². The molecule has 2 heterocycles. The van der Waals surface area contributed by atoms with Gasteiger partial charge in [0.2, 0.25) is 0 Å². The lowest BCUT2D eigenvalue weighted by Crippen LogP contribution is -2.50. The summed E-state index contributed by atoms with van der Waals surface area (Å²) in [6.45, 7) is 5.35. The zero-order valence-electron chi connectivity index (χ0n) is 9.93. The second-order valence-electron chi connectivity index (χ2n) is 4.45. The molecule has 0 saturated carbocycles. The van der Waals surface area contributed by atoms with Crippen molar-refractivity contribution in [1.82, 2.24) is 9.88 Å². The van der Waals surface area contributed by atoms with Crippen molar-refractivity contribution in [3.63, 3.8) is 0 Å². The van der Waals surface area contributed by atoms with E-state index >= 15 is 0 Å². The van der Waals surface area contributed by atoms with E-state index in [9.17, 15) is 0 Å². The van der Waals surface area contributed by atoms with Gasteiger partial charge in [0.15, 0.2) is 0 Å². The standard InChI is InChI=1S/C12H19N3O/c1-10-8-14(2)6-7-15(10)12-5-3-4-11(9-16)13-12/h3-5,10,16H,6-9H2,1-2H3. The molecule has 1 aliphatic rings. The molecule has 1 aliphatic heterocycles. The molecular formula is C12H19N3O. The average Bonchev–Trinajstić information content (AvgIpc) is 2.29. The minimum Gasteiger partial charge on any atom is -0.390 e. The van der Waals surface area contributed by atoms with Crippen LogP contribution in [-0.2, 0) is 6.61 Å². The lowest BCUT2D eigenvalue weighted by Gasteiger charge is -2.39. The maximum atomic E-state index is 9.08. The average molecular weight is 221 g/mol. The van der Waals surface area contributed by atoms with Crippen LogP contribution in [0.3, 0.4) is 0 Å². The molecule has 1 N–H and O–H groups in total. The third kappa shape index (κ3) is 2.33. The predicted molar refractivity (Wildman–Crippen MR) is 64.5 cm³/mol. The normalized spacial score (nSPS) is 22.4. The van der Waals surface area contributed by atoms with Crippen molar-refractivity contribution in [2.45, 2.75) is 19.6 Å². The van der Waals surface area contributed by atoms with Crippen LogP contribution in [0.1, 0.15) is 12.6 Å². The van der Waals surface area contributed by atoms with Gasteiger partial charge >= 0.3 is 0 Å². The fraction of sp³-hybridized carbons (Fsp3) is 0.583. The Morgan fingerprint density at radius 3 is 2.94 bits per heavy atom. The lowest BCUT2D eigenvalue weighted by molar-refractivity contribution is 0.270. The Morgan fingerprint density at radius 1 is 1.44 bits per heavy atom. The summed E-state index contributed by atoms with van der Waals surface area (Å²) in [5.41, 5.74) is 0.739. The largest absolute Gasteiger partial charge is 0.390 e. The topological polar surface area (TPSA) is 39.6 Å². The Labute approximate surface area is 96.5 Å². The number of hydrogen-bond donors (Lipinski definition) is 1. The molecule has 16 heavy (non-hydrogen) atoms. The Kier molecular flexibility index (Phi) is 3.41.